The first-order valence-electron chi connectivity index (χ1n) is 7.36. The maximum absolute atomic E-state index is 12.2. The predicted molar refractivity (Wildman–Crippen MR) is 89.0 cm³/mol. The van der Waals surface area contributed by atoms with E-state index < -0.39 is 5.54 Å². The van der Waals surface area contributed by atoms with Crippen molar-refractivity contribution in [3.8, 4) is 11.5 Å². The van der Waals surface area contributed by atoms with Crippen LogP contribution in [-0.2, 0) is 0 Å². The fourth-order valence-electron chi connectivity index (χ4n) is 1.72. The van der Waals surface area contributed by atoms with E-state index in [1.165, 1.54) is 7.11 Å². The van der Waals surface area contributed by atoms with E-state index in [1.54, 1.807) is 12.1 Å². The van der Waals surface area contributed by atoms with Crippen LogP contribution in [0.3, 0.4) is 0 Å². The van der Waals surface area contributed by atoms with Gasteiger partial charge in [0.25, 0.3) is 5.91 Å². The Labute approximate surface area is 137 Å². The van der Waals surface area contributed by atoms with Crippen molar-refractivity contribution < 1.29 is 14.3 Å². The molecule has 0 spiro atoms. The van der Waals surface area contributed by atoms with Crippen LogP contribution in [0.2, 0.25) is 5.02 Å². The second-order valence-electron chi connectivity index (χ2n) is 5.86. The van der Waals surface area contributed by atoms with Crippen LogP contribution in [0.25, 0.3) is 0 Å². The fraction of sp³-hybridized carbons (Fsp3) is 0.562. The van der Waals surface area contributed by atoms with Gasteiger partial charge in [0.15, 0.2) is 11.5 Å². The molecule has 0 bridgehead atoms. The van der Waals surface area contributed by atoms with Crippen molar-refractivity contribution in [3.05, 3.63) is 22.7 Å². The molecule has 0 fully saturated rings. The summed E-state index contributed by atoms with van der Waals surface area (Å²) in [5.41, 5.74) is 5.79. The number of hydrogen-bond donors (Lipinski definition) is 2. The lowest BCUT2D eigenvalue weighted by Crippen LogP contribution is -2.45. The summed E-state index contributed by atoms with van der Waals surface area (Å²) in [5, 5.41) is 3.12. The Morgan fingerprint density at radius 1 is 1.41 bits per heavy atom. The van der Waals surface area contributed by atoms with Crippen molar-refractivity contribution in [3.63, 3.8) is 0 Å². The average molecular weight is 329 g/mol. The predicted octanol–water partition coefficient (Wildman–Crippen LogP) is 2.99. The summed E-state index contributed by atoms with van der Waals surface area (Å²) in [4.78, 5) is 12.2. The molecule has 1 amide bonds. The Kier molecular flexibility index (Phi) is 6.97. The number of benzene rings is 1. The molecule has 5 nitrogen and oxygen atoms in total. The molecule has 1 aromatic carbocycles. The van der Waals surface area contributed by atoms with Crippen molar-refractivity contribution >= 4 is 17.5 Å². The zero-order chi connectivity index (χ0) is 16.8. The van der Waals surface area contributed by atoms with Gasteiger partial charge in [0.1, 0.15) is 0 Å². The zero-order valence-corrected chi connectivity index (χ0v) is 14.4. The molecule has 3 N–H and O–H groups in total. The fourth-order valence-corrected chi connectivity index (χ4v) is 1.98. The Bertz CT molecular complexity index is 513. The number of unbranched alkanes of at least 4 members (excludes halogenated alkanes) is 1. The van der Waals surface area contributed by atoms with E-state index in [9.17, 15) is 4.79 Å². The molecule has 6 heteroatoms. The molecule has 1 aromatic rings. The molecule has 124 valence electrons. The Morgan fingerprint density at radius 2 is 2.09 bits per heavy atom. The lowest BCUT2D eigenvalue weighted by Gasteiger charge is -2.19. The van der Waals surface area contributed by atoms with Gasteiger partial charge in [-0.3, -0.25) is 4.79 Å². The van der Waals surface area contributed by atoms with Gasteiger partial charge in [-0.15, -0.1) is 0 Å². The monoisotopic (exact) mass is 328 g/mol. The average Bonchev–Trinajstić information content (AvgIpc) is 2.45. The Balaban J connectivity index is 2.90. The molecule has 1 rings (SSSR count). The minimum atomic E-state index is -0.479. The van der Waals surface area contributed by atoms with E-state index in [1.807, 2.05) is 13.8 Å². The second kappa shape index (κ2) is 8.25. The second-order valence-corrected chi connectivity index (χ2v) is 6.27. The van der Waals surface area contributed by atoms with E-state index in [0.717, 1.165) is 12.8 Å². The summed E-state index contributed by atoms with van der Waals surface area (Å²) < 4.78 is 10.9. The number of halogens is 1. The normalized spacial score (nSPS) is 11.2. The van der Waals surface area contributed by atoms with E-state index in [-0.39, 0.29) is 5.91 Å². The van der Waals surface area contributed by atoms with Gasteiger partial charge in [-0.1, -0.05) is 24.9 Å². The van der Waals surface area contributed by atoms with Crippen molar-refractivity contribution in [2.75, 3.05) is 20.3 Å². The summed E-state index contributed by atoms with van der Waals surface area (Å²) >= 11 is 6.22. The molecular weight excluding hydrogens is 304 g/mol. The van der Waals surface area contributed by atoms with Gasteiger partial charge in [-0.25, -0.2) is 0 Å². The number of carbonyl (C=O) groups excluding carboxylic acids is 1. The first-order chi connectivity index (χ1) is 10.3. The maximum Gasteiger partial charge on any atom is 0.251 e. The number of hydrogen-bond acceptors (Lipinski definition) is 4. The highest BCUT2D eigenvalue weighted by atomic mass is 35.5. The SMILES string of the molecule is CCCCOc1c(Cl)cc(C(=O)NCC(C)(C)N)cc1OC. The molecule has 0 aliphatic rings. The first kappa shape index (κ1) is 18.6. The summed E-state index contributed by atoms with van der Waals surface area (Å²) in [5.74, 6) is 0.660. The van der Waals surface area contributed by atoms with Crippen LogP contribution < -0.4 is 20.5 Å². The molecule has 0 saturated heterocycles. The van der Waals surface area contributed by atoms with Crippen LogP contribution in [-0.4, -0.2) is 31.7 Å². The third-order valence-corrected chi connectivity index (χ3v) is 3.22. The highest BCUT2D eigenvalue weighted by Crippen LogP contribution is 2.36. The molecule has 0 radical (unpaired) electrons. The van der Waals surface area contributed by atoms with Crippen molar-refractivity contribution in [1.29, 1.82) is 0 Å². The van der Waals surface area contributed by atoms with Gasteiger partial charge in [-0.2, -0.15) is 0 Å². The van der Waals surface area contributed by atoms with Gasteiger partial charge in [-0.05, 0) is 32.4 Å². The van der Waals surface area contributed by atoms with Crippen LogP contribution in [0.5, 0.6) is 11.5 Å². The third-order valence-electron chi connectivity index (χ3n) is 2.94. The quantitative estimate of drug-likeness (QED) is 0.719. The highest BCUT2D eigenvalue weighted by molar-refractivity contribution is 6.32. The molecule has 0 aliphatic carbocycles. The Hall–Kier alpha value is -1.46. The standard InChI is InChI=1S/C16H25ClN2O3/c1-5-6-7-22-14-12(17)8-11(9-13(14)21-4)15(20)19-10-16(2,3)18/h8-9H,5-7,10,18H2,1-4H3,(H,19,20). The lowest BCUT2D eigenvalue weighted by atomic mass is 10.1. The van der Waals surface area contributed by atoms with E-state index in [0.29, 0.717) is 35.2 Å². The molecule has 0 unspecified atom stereocenters. The van der Waals surface area contributed by atoms with E-state index in [2.05, 4.69) is 12.2 Å². The van der Waals surface area contributed by atoms with Crippen LogP contribution in [0.4, 0.5) is 0 Å². The molecular formula is C16H25ClN2O3. The van der Waals surface area contributed by atoms with Crippen LogP contribution >= 0.6 is 11.6 Å². The lowest BCUT2D eigenvalue weighted by molar-refractivity contribution is 0.0945. The molecule has 0 saturated carbocycles. The number of nitrogens with one attached hydrogen (secondary N) is 1. The number of nitrogens with two attached hydrogens (primary N) is 1. The summed E-state index contributed by atoms with van der Waals surface area (Å²) in [6, 6.07) is 3.19. The molecule has 0 heterocycles. The minimum absolute atomic E-state index is 0.251. The van der Waals surface area contributed by atoms with E-state index in [4.69, 9.17) is 26.8 Å². The van der Waals surface area contributed by atoms with Gasteiger partial charge in [0.05, 0.1) is 18.7 Å². The number of rotatable bonds is 8. The molecule has 0 atom stereocenters. The number of ether oxygens (including phenoxy) is 2. The maximum atomic E-state index is 12.2. The molecule has 0 aliphatic heterocycles. The summed E-state index contributed by atoms with van der Waals surface area (Å²) in [6.07, 6.45) is 1.95. The van der Waals surface area contributed by atoms with E-state index >= 15 is 0 Å². The van der Waals surface area contributed by atoms with Gasteiger partial charge in [0.2, 0.25) is 0 Å². The van der Waals surface area contributed by atoms with Crippen LogP contribution in [0, 0.1) is 0 Å². The largest absolute Gasteiger partial charge is 0.493 e. The highest BCUT2D eigenvalue weighted by Gasteiger charge is 2.18. The number of methoxy groups -OCH3 is 1. The van der Waals surface area contributed by atoms with Crippen LogP contribution in [0.15, 0.2) is 12.1 Å². The number of amides is 1. The van der Waals surface area contributed by atoms with Gasteiger partial charge < -0.3 is 20.5 Å². The van der Waals surface area contributed by atoms with Crippen molar-refractivity contribution in [2.45, 2.75) is 39.2 Å². The van der Waals surface area contributed by atoms with Crippen molar-refractivity contribution in [2.24, 2.45) is 5.73 Å². The van der Waals surface area contributed by atoms with Crippen molar-refractivity contribution in [1.82, 2.24) is 5.32 Å². The van der Waals surface area contributed by atoms with Crippen LogP contribution in [0.1, 0.15) is 44.0 Å². The first-order valence-corrected chi connectivity index (χ1v) is 7.73. The smallest absolute Gasteiger partial charge is 0.251 e. The van der Waals surface area contributed by atoms with Gasteiger partial charge >= 0.3 is 0 Å². The summed E-state index contributed by atoms with van der Waals surface area (Å²) in [6.45, 7) is 6.67. The summed E-state index contributed by atoms with van der Waals surface area (Å²) in [7, 11) is 1.52. The number of carbonyl (C=O) groups is 1. The zero-order valence-electron chi connectivity index (χ0n) is 13.7. The third kappa shape index (κ3) is 5.73. The topological polar surface area (TPSA) is 73.6 Å². The van der Waals surface area contributed by atoms with Gasteiger partial charge in [0, 0.05) is 17.6 Å². The Morgan fingerprint density at radius 3 is 2.64 bits per heavy atom. The molecule has 0 aromatic heterocycles. The molecule has 22 heavy (non-hydrogen) atoms. The minimum Gasteiger partial charge on any atom is -0.493 e.